The number of hydrogen-bond acceptors (Lipinski definition) is 6. The Bertz CT molecular complexity index is 824. The van der Waals surface area contributed by atoms with Gasteiger partial charge in [-0.25, -0.2) is 9.79 Å². The lowest BCUT2D eigenvalue weighted by atomic mass is 9.92. The first kappa shape index (κ1) is 17.8. The van der Waals surface area contributed by atoms with E-state index in [1.807, 2.05) is 11.8 Å². The first-order valence-electron chi connectivity index (χ1n) is 7.69. The molecule has 1 aromatic carbocycles. The minimum absolute atomic E-state index is 0.0251. The molecule has 1 saturated heterocycles. The molecule has 2 aliphatic rings. The SMILES string of the molecule is CC1=C(C(=O)O)C(c2ccc(Cl)c([N+](=O)[O-])c2)N2C(=N1)SCCC2C. The highest BCUT2D eigenvalue weighted by atomic mass is 35.5. The van der Waals surface area contributed by atoms with Gasteiger partial charge in [-0.15, -0.1) is 0 Å². The Kier molecular flexibility index (Phi) is 4.75. The molecule has 0 saturated carbocycles. The van der Waals surface area contributed by atoms with Gasteiger partial charge in [0.2, 0.25) is 0 Å². The van der Waals surface area contributed by atoms with Gasteiger partial charge in [0, 0.05) is 17.9 Å². The van der Waals surface area contributed by atoms with Crippen molar-refractivity contribution in [2.24, 2.45) is 4.99 Å². The van der Waals surface area contributed by atoms with Gasteiger partial charge in [0.25, 0.3) is 5.69 Å². The number of nitro groups is 1. The van der Waals surface area contributed by atoms with Crippen molar-refractivity contribution in [2.75, 3.05) is 5.75 Å². The third-order valence-corrected chi connectivity index (χ3v) is 5.70. The highest BCUT2D eigenvalue weighted by molar-refractivity contribution is 8.13. The molecule has 0 aromatic heterocycles. The van der Waals surface area contributed by atoms with Gasteiger partial charge in [0.1, 0.15) is 5.02 Å². The van der Waals surface area contributed by atoms with Crippen LogP contribution in [0, 0.1) is 10.1 Å². The number of halogens is 1. The second-order valence-electron chi connectivity index (χ2n) is 5.96. The summed E-state index contributed by atoms with van der Waals surface area (Å²) < 4.78 is 0. The fraction of sp³-hybridized carbons (Fsp3) is 0.375. The first-order valence-corrected chi connectivity index (χ1v) is 9.05. The summed E-state index contributed by atoms with van der Waals surface area (Å²) >= 11 is 7.48. The predicted molar refractivity (Wildman–Crippen MR) is 97.0 cm³/mol. The van der Waals surface area contributed by atoms with E-state index in [0.29, 0.717) is 11.3 Å². The Morgan fingerprint density at radius 1 is 1.52 bits per heavy atom. The van der Waals surface area contributed by atoms with Crippen molar-refractivity contribution >= 4 is 40.2 Å². The largest absolute Gasteiger partial charge is 0.478 e. The molecule has 0 bridgehead atoms. The van der Waals surface area contributed by atoms with Gasteiger partial charge in [0.05, 0.1) is 22.2 Å². The van der Waals surface area contributed by atoms with Crippen LogP contribution in [0.3, 0.4) is 0 Å². The second-order valence-corrected chi connectivity index (χ2v) is 7.43. The van der Waals surface area contributed by atoms with Gasteiger partial charge in [-0.05, 0) is 31.9 Å². The van der Waals surface area contributed by atoms with Crippen LogP contribution in [0.2, 0.25) is 5.02 Å². The average Bonchev–Trinajstić information content (AvgIpc) is 2.53. The number of fused-ring (bicyclic) bond motifs is 1. The van der Waals surface area contributed by atoms with Crippen LogP contribution in [0.25, 0.3) is 0 Å². The van der Waals surface area contributed by atoms with E-state index in [-0.39, 0.29) is 22.3 Å². The van der Waals surface area contributed by atoms with Crippen LogP contribution in [0.15, 0.2) is 34.5 Å². The van der Waals surface area contributed by atoms with Crippen molar-refractivity contribution in [1.29, 1.82) is 0 Å². The molecule has 2 aliphatic heterocycles. The highest BCUT2D eigenvalue weighted by Gasteiger charge is 2.40. The molecule has 25 heavy (non-hydrogen) atoms. The Balaban J connectivity index is 2.19. The van der Waals surface area contributed by atoms with Crippen LogP contribution in [0.1, 0.15) is 31.9 Å². The molecule has 1 fully saturated rings. The number of hydrogen-bond donors (Lipinski definition) is 1. The Morgan fingerprint density at radius 2 is 2.24 bits per heavy atom. The number of aliphatic imine (C=N–C) groups is 1. The summed E-state index contributed by atoms with van der Waals surface area (Å²) in [5, 5.41) is 21.7. The van der Waals surface area contributed by atoms with Crippen LogP contribution in [0.4, 0.5) is 5.69 Å². The van der Waals surface area contributed by atoms with E-state index in [0.717, 1.165) is 17.3 Å². The van der Waals surface area contributed by atoms with E-state index in [9.17, 15) is 20.0 Å². The Morgan fingerprint density at radius 3 is 2.88 bits per heavy atom. The van der Waals surface area contributed by atoms with Gasteiger partial charge in [-0.3, -0.25) is 10.1 Å². The van der Waals surface area contributed by atoms with E-state index in [1.54, 1.807) is 24.8 Å². The van der Waals surface area contributed by atoms with Crippen molar-refractivity contribution in [3.8, 4) is 0 Å². The molecule has 9 heteroatoms. The fourth-order valence-corrected chi connectivity index (χ4v) is 4.62. The topological polar surface area (TPSA) is 96.0 Å². The number of carboxylic acid groups (broad SMARTS) is 1. The number of nitro benzene ring substituents is 1. The number of thioether (sulfide) groups is 1. The molecule has 0 amide bonds. The molecule has 0 spiro atoms. The van der Waals surface area contributed by atoms with Crippen LogP contribution in [0.5, 0.6) is 0 Å². The Labute approximate surface area is 153 Å². The van der Waals surface area contributed by atoms with Crippen LogP contribution < -0.4 is 0 Å². The molecular formula is C16H16ClN3O4S. The summed E-state index contributed by atoms with van der Waals surface area (Å²) in [5.74, 6) is -0.176. The summed E-state index contributed by atoms with van der Waals surface area (Å²) in [4.78, 5) is 29.0. The molecule has 0 radical (unpaired) electrons. The van der Waals surface area contributed by atoms with E-state index in [4.69, 9.17) is 11.6 Å². The van der Waals surface area contributed by atoms with Crippen molar-refractivity contribution in [1.82, 2.24) is 4.90 Å². The van der Waals surface area contributed by atoms with E-state index >= 15 is 0 Å². The summed E-state index contributed by atoms with van der Waals surface area (Å²) in [6.45, 7) is 3.66. The van der Waals surface area contributed by atoms with Crippen molar-refractivity contribution in [3.63, 3.8) is 0 Å². The number of nitrogens with zero attached hydrogens (tertiary/aromatic N) is 3. The molecule has 3 rings (SSSR count). The number of rotatable bonds is 3. The fourth-order valence-electron chi connectivity index (χ4n) is 3.16. The zero-order valence-electron chi connectivity index (χ0n) is 13.6. The zero-order chi connectivity index (χ0) is 18.3. The molecule has 7 nitrogen and oxygen atoms in total. The molecule has 0 aliphatic carbocycles. The predicted octanol–water partition coefficient (Wildman–Crippen LogP) is 3.84. The van der Waals surface area contributed by atoms with E-state index < -0.39 is 16.9 Å². The molecular weight excluding hydrogens is 366 g/mol. The quantitative estimate of drug-likeness (QED) is 0.631. The number of benzene rings is 1. The maximum Gasteiger partial charge on any atom is 0.335 e. The van der Waals surface area contributed by atoms with Crippen LogP contribution in [-0.2, 0) is 4.79 Å². The zero-order valence-corrected chi connectivity index (χ0v) is 15.2. The van der Waals surface area contributed by atoms with Crippen LogP contribution >= 0.6 is 23.4 Å². The summed E-state index contributed by atoms with van der Waals surface area (Å²) in [7, 11) is 0. The molecule has 132 valence electrons. The Hall–Kier alpha value is -2.06. The first-order chi connectivity index (χ1) is 11.8. The summed E-state index contributed by atoms with van der Waals surface area (Å²) in [5.41, 5.74) is 0.843. The van der Waals surface area contributed by atoms with Crippen molar-refractivity contribution < 1.29 is 14.8 Å². The lowest BCUT2D eigenvalue weighted by molar-refractivity contribution is -0.384. The monoisotopic (exact) mass is 381 g/mol. The van der Waals surface area contributed by atoms with E-state index in [2.05, 4.69) is 4.99 Å². The second kappa shape index (κ2) is 6.68. The normalized spacial score (nSPS) is 23.2. The lowest BCUT2D eigenvalue weighted by Crippen LogP contribution is -2.47. The number of carboxylic acids is 1. The number of allylic oxidation sites excluding steroid dienone is 1. The number of amidine groups is 1. The lowest BCUT2D eigenvalue weighted by Gasteiger charge is -2.44. The number of carbonyl (C=O) groups is 1. The molecule has 1 aromatic rings. The van der Waals surface area contributed by atoms with Gasteiger partial charge in [-0.1, -0.05) is 29.4 Å². The van der Waals surface area contributed by atoms with Crippen molar-refractivity contribution in [2.45, 2.75) is 32.4 Å². The van der Waals surface area contributed by atoms with Gasteiger partial charge < -0.3 is 10.0 Å². The van der Waals surface area contributed by atoms with Crippen molar-refractivity contribution in [3.05, 3.63) is 50.2 Å². The smallest absolute Gasteiger partial charge is 0.335 e. The molecule has 2 atom stereocenters. The maximum absolute atomic E-state index is 11.9. The van der Waals surface area contributed by atoms with Gasteiger partial charge >= 0.3 is 5.97 Å². The number of aliphatic carboxylic acids is 1. The van der Waals surface area contributed by atoms with Gasteiger partial charge in [0.15, 0.2) is 5.17 Å². The maximum atomic E-state index is 11.9. The molecule has 1 N–H and O–H groups in total. The summed E-state index contributed by atoms with van der Waals surface area (Å²) in [6.07, 6.45) is 0.877. The summed E-state index contributed by atoms with van der Waals surface area (Å²) in [6, 6.07) is 3.88. The standard InChI is InChI=1S/C16H16ClN3O4S/c1-8-5-6-25-16-18-9(2)13(15(21)22)14(19(8)16)10-3-4-11(17)12(7-10)20(23)24/h3-4,7-8,14H,5-6H2,1-2H3,(H,21,22). The van der Waals surface area contributed by atoms with Crippen LogP contribution in [-0.4, -0.2) is 37.9 Å². The third kappa shape index (κ3) is 3.11. The minimum Gasteiger partial charge on any atom is -0.478 e. The average molecular weight is 382 g/mol. The van der Waals surface area contributed by atoms with E-state index in [1.165, 1.54) is 12.1 Å². The highest BCUT2D eigenvalue weighted by Crippen LogP contribution is 2.43. The third-order valence-electron chi connectivity index (χ3n) is 4.38. The van der Waals surface area contributed by atoms with Gasteiger partial charge in [-0.2, -0.15) is 0 Å². The molecule has 2 heterocycles. The minimum atomic E-state index is -1.08. The molecule has 2 unspecified atom stereocenters.